The largest absolute Gasteiger partial charge is 0.434 e. The van der Waals surface area contributed by atoms with E-state index in [4.69, 9.17) is 4.74 Å². The zero-order valence-electron chi connectivity index (χ0n) is 14.6. The van der Waals surface area contributed by atoms with E-state index in [1.54, 1.807) is 6.07 Å². The molecule has 144 valence electrons. The standard InChI is InChI=1S/C18H24F2N2O4/c19-17(20)26-15-6-2-1-5-14(15)16(23)22-9-10-25-13-18(24,12-22)11-21-7-3-4-8-21/h1-2,5-6,17,24H,3-4,7-13H2. The molecule has 2 saturated heterocycles. The average Bonchev–Trinajstić information content (AvgIpc) is 3.01. The summed E-state index contributed by atoms with van der Waals surface area (Å²) in [6.07, 6.45) is 2.19. The molecular formula is C18H24F2N2O4. The topological polar surface area (TPSA) is 62.2 Å². The first-order valence-corrected chi connectivity index (χ1v) is 8.82. The molecule has 0 bridgehead atoms. The highest BCUT2D eigenvalue weighted by Gasteiger charge is 2.37. The van der Waals surface area contributed by atoms with Crippen LogP contribution in [0, 0.1) is 0 Å². The summed E-state index contributed by atoms with van der Waals surface area (Å²) in [5, 5.41) is 11.0. The van der Waals surface area contributed by atoms with Crippen LogP contribution in [0.5, 0.6) is 5.75 Å². The lowest BCUT2D eigenvalue weighted by molar-refractivity contribution is -0.0536. The van der Waals surface area contributed by atoms with E-state index in [9.17, 15) is 18.7 Å². The van der Waals surface area contributed by atoms with Gasteiger partial charge in [0, 0.05) is 13.1 Å². The first-order valence-electron chi connectivity index (χ1n) is 8.82. The van der Waals surface area contributed by atoms with Crippen LogP contribution in [0.1, 0.15) is 23.2 Å². The average molecular weight is 370 g/mol. The van der Waals surface area contributed by atoms with Crippen LogP contribution >= 0.6 is 0 Å². The van der Waals surface area contributed by atoms with Crippen molar-refractivity contribution in [2.45, 2.75) is 25.1 Å². The van der Waals surface area contributed by atoms with Crippen LogP contribution in [0.4, 0.5) is 8.78 Å². The fraction of sp³-hybridized carbons (Fsp3) is 0.611. The van der Waals surface area contributed by atoms with Crippen LogP contribution in [0.2, 0.25) is 0 Å². The number of likely N-dealkylation sites (tertiary alicyclic amines) is 1. The molecule has 0 spiro atoms. The number of rotatable bonds is 5. The minimum atomic E-state index is -3.01. The Hall–Kier alpha value is -1.77. The molecule has 3 rings (SSSR count). The quantitative estimate of drug-likeness (QED) is 0.853. The summed E-state index contributed by atoms with van der Waals surface area (Å²) in [4.78, 5) is 16.5. The number of carbonyl (C=O) groups excluding carboxylic acids is 1. The number of ether oxygens (including phenoxy) is 2. The van der Waals surface area contributed by atoms with Gasteiger partial charge in [-0.2, -0.15) is 8.78 Å². The molecule has 2 aliphatic rings. The maximum absolute atomic E-state index is 12.9. The third-order valence-corrected chi connectivity index (χ3v) is 4.70. The van der Waals surface area contributed by atoms with Crippen molar-refractivity contribution in [2.24, 2.45) is 0 Å². The molecule has 2 aliphatic heterocycles. The van der Waals surface area contributed by atoms with Gasteiger partial charge in [-0.1, -0.05) is 12.1 Å². The van der Waals surface area contributed by atoms with E-state index >= 15 is 0 Å². The second-order valence-electron chi connectivity index (χ2n) is 6.86. The molecule has 6 nitrogen and oxygen atoms in total. The number of para-hydroxylation sites is 1. The van der Waals surface area contributed by atoms with Gasteiger partial charge in [0.05, 0.1) is 25.3 Å². The van der Waals surface area contributed by atoms with Crippen molar-refractivity contribution in [1.82, 2.24) is 9.80 Å². The Bertz CT molecular complexity index is 625. The zero-order chi connectivity index (χ0) is 18.6. The number of β-amino-alcohol motifs (C(OH)–C–C–N with tert-alkyl or cyclic N) is 1. The fourth-order valence-electron chi connectivity index (χ4n) is 3.56. The van der Waals surface area contributed by atoms with E-state index in [1.165, 1.54) is 23.1 Å². The molecule has 0 radical (unpaired) electrons. The summed E-state index contributed by atoms with van der Waals surface area (Å²) in [6, 6.07) is 5.91. The van der Waals surface area contributed by atoms with Gasteiger partial charge in [-0.3, -0.25) is 4.79 Å². The molecule has 2 heterocycles. The second kappa shape index (κ2) is 8.28. The molecule has 1 atom stereocenters. The number of alkyl halides is 2. The van der Waals surface area contributed by atoms with Crippen molar-refractivity contribution < 1.29 is 28.2 Å². The smallest absolute Gasteiger partial charge is 0.387 e. The molecule has 8 heteroatoms. The summed E-state index contributed by atoms with van der Waals surface area (Å²) < 4.78 is 35.2. The number of halogens is 2. The highest BCUT2D eigenvalue weighted by atomic mass is 19.3. The van der Waals surface area contributed by atoms with Crippen molar-refractivity contribution in [3.05, 3.63) is 29.8 Å². The molecular weight excluding hydrogens is 346 g/mol. The molecule has 26 heavy (non-hydrogen) atoms. The van der Waals surface area contributed by atoms with Gasteiger partial charge in [-0.25, -0.2) is 0 Å². The van der Waals surface area contributed by atoms with E-state index in [1.807, 2.05) is 0 Å². The molecule has 0 aliphatic carbocycles. The lowest BCUT2D eigenvalue weighted by Gasteiger charge is -2.34. The fourth-order valence-corrected chi connectivity index (χ4v) is 3.56. The van der Waals surface area contributed by atoms with Gasteiger partial charge in [0.15, 0.2) is 0 Å². The van der Waals surface area contributed by atoms with Crippen molar-refractivity contribution >= 4 is 5.91 Å². The molecule has 0 aromatic heterocycles. The Kier molecular flexibility index (Phi) is 6.05. The summed E-state index contributed by atoms with van der Waals surface area (Å²) in [5.41, 5.74) is -1.13. The van der Waals surface area contributed by atoms with Crippen molar-refractivity contribution in [3.63, 3.8) is 0 Å². The van der Waals surface area contributed by atoms with Crippen molar-refractivity contribution in [2.75, 3.05) is 45.9 Å². The minimum Gasteiger partial charge on any atom is -0.434 e. The van der Waals surface area contributed by atoms with Crippen molar-refractivity contribution in [1.29, 1.82) is 0 Å². The number of hydrogen-bond acceptors (Lipinski definition) is 5. The Morgan fingerprint density at radius 2 is 2.00 bits per heavy atom. The Morgan fingerprint density at radius 3 is 2.73 bits per heavy atom. The summed E-state index contributed by atoms with van der Waals surface area (Å²) >= 11 is 0. The molecule has 1 aromatic carbocycles. The van der Waals surface area contributed by atoms with E-state index in [0.717, 1.165) is 25.9 Å². The lowest BCUT2D eigenvalue weighted by atomic mass is 10.0. The molecule has 1 amide bonds. The van der Waals surface area contributed by atoms with Gasteiger partial charge in [0.2, 0.25) is 0 Å². The minimum absolute atomic E-state index is 0.0539. The van der Waals surface area contributed by atoms with Crippen LogP contribution in [0.15, 0.2) is 24.3 Å². The summed E-state index contributed by atoms with van der Waals surface area (Å²) in [5.74, 6) is -0.618. The van der Waals surface area contributed by atoms with E-state index in [0.29, 0.717) is 6.54 Å². The van der Waals surface area contributed by atoms with Crippen LogP contribution in [-0.2, 0) is 4.74 Å². The molecule has 2 fully saturated rings. The predicted octanol–water partition coefficient (Wildman–Crippen LogP) is 1.59. The maximum atomic E-state index is 12.9. The molecule has 1 unspecified atom stereocenters. The molecule has 1 N–H and O–H groups in total. The number of hydrogen-bond donors (Lipinski definition) is 1. The number of benzene rings is 1. The summed E-state index contributed by atoms with van der Waals surface area (Å²) in [7, 11) is 0. The normalized spacial score (nSPS) is 24.7. The molecule has 0 saturated carbocycles. The monoisotopic (exact) mass is 370 g/mol. The predicted molar refractivity (Wildman–Crippen MR) is 90.4 cm³/mol. The third-order valence-electron chi connectivity index (χ3n) is 4.70. The molecule has 1 aromatic rings. The first kappa shape index (κ1) is 19.0. The zero-order valence-corrected chi connectivity index (χ0v) is 14.6. The van der Waals surface area contributed by atoms with E-state index in [-0.39, 0.29) is 37.6 Å². The number of carbonyl (C=O) groups is 1. The van der Waals surface area contributed by atoms with Crippen LogP contribution < -0.4 is 4.74 Å². The second-order valence-corrected chi connectivity index (χ2v) is 6.86. The first-order chi connectivity index (χ1) is 12.5. The maximum Gasteiger partial charge on any atom is 0.387 e. The number of aliphatic hydroxyl groups is 1. The number of nitrogens with zero attached hydrogens (tertiary/aromatic N) is 2. The van der Waals surface area contributed by atoms with E-state index < -0.39 is 18.1 Å². The SMILES string of the molecule is O=C(c1ccccc1OC(F)F)N1CCOCC(O)(CN2CCCC2)C1. The van der Waals surface area contributed by atoms with Crippen molar-refractivity contribution in [3.8, 4) is 5.75 Å². The Balaban J connectivity index is 1.75. The third kappa shape index (κ3) is 4.69. The number of amides is 1. The van der Waals surface area contributed by atoms with Gasteiger partial charge < -0.3 is 24.4 Å². The van der Waals surface area contributed by atoms with Gasteiger partial charge in [-0.05, 0) is 38.1 Å². The van der Waals surface area contributed by atoms with Crippen LogP contribution in [0.25, 0.3) is 0 Å². The Labute approximate surface area is 151 Å². The lowest BCUT2D eigenvalue weighted by Crippen LogP contribution is -2.53. The highest BCUT2D eigenvalue weighted by Crippen LogP contribution is 2.24. The Morgan fingerprint density at radius 1 is 1.27 bits per heavy atom. The highest BCUT2D eigenvalue weighted by molar-refractivity contribution is 5.97. The van der Waals surface area contributed by atoms with Gasteiger partial charge in [0.1, 0.15) is 11.4 Å². The summed E-state index contributed by atoms with van der Waals surface area (Å²) in [6.45, 7) is 0.0434. The van der Waals surface area contributed by atoms with E-state index in [2.05, 4.69) is 9.64 Å². The van der Waals surface area contributed by atoms with Crippen LogP contribution in [-0.4, -0.2) is 79.0 Å². The van der Waals surface area contributed by atoms with Gasteiger partial charge in [-0.15, -0.1) is 0 Å². The van der Waals surface area contributed by atoms with Gasteiger partial charge in [0.25, 0.3) is 5.91 Å². The van der Waals surface area contributed by atoms with Crippen LogP contribution in [0.3, 0.4) is 0 Å². The van der Waals surface area contributed by atoms with Gasteiger partial charge >= 0.3 is 6.61 Å².